The van der Waals surface area contributed by atoms with E-state index in [1.807, 2.05) is 24.3 Å². The summed E-state index contributed by atoms with van der Waals surface area (Å²) in [6, 6.07) is 13.7. The molecule has 0 spiro atoms. The third kappa shape index (κ3) is 3.85. The SMILES string of the molecule is COc1ccccc1CCNC(=O)C1CC(=O)N(c2ccccc2F)C1. The molecule has 2 aromatic rings. The van der Waals surface area contributed by atoms with Crippen molar-refractivity contribution < 1.29 is 18.7 Å². The number of carbonyl (C=O) groups excluding carboxylic acids is 2. The Kier molecular flexibility index (Phi) is 5.51. The lowest BCUT2D eigenvalue weighted by Gasteiger charge is -2.17. The lowest BCUT2D eigenvalue weighted by Crippen LogP contribution is -2.34. The molecule has 1 N–H and O–H groups in total. The Morgan fingerprint density at radius 3 is 2.73 bits per heavy atom. The van der Waals surface area contributed by atoms with Crippen molar-refractivity contribution in [3.8, 4) is 5.75 Å². The Bertz CT molecular complexity index is 809. The minimum atomic E-state index is -0.472. The second-order valence-electron chi connectivity index (χ2n) is 6.21. The normalized spacial score (nSPS) is 16.6. The predicted molar refractivity (Wildman–Crippen MR) is 96.6 cm³/mol. The molecule has 1 aliphatic heterocycles. The quantitative estimate of drug-likeness (QED) is 0.865. The number of ether oxygens (including phenoxy) is 1. The van der Waals surface area contributed by atoms with Crippen LogP contribution in [0, 0.1) is 11.7 Å². The van der Waals surface area contributed by atoms with Gasteiger partial charge in [-0.3, -0.25) is 9.59 Å². The number of carbonyl (C=O) groups is 2. The van der Waals surface area contributed by atoms with Crippen molar-refractivity contribution in [3.63, 3.8) is 0 Å². The van der Waals surface area contributed by atoms with E-state index in [-0.39, 0.29) is 30.5 Å². The van der Waals surface area contributed by atoms with Gasteiger partial charge in [0.05, 0.1) is 18.7 Å². The summed E-state index contributed by atoms with van der Waals surface area (Å²) in [7, 11) is 1.61. The van der Waals surface area contributed by atoms with E-state index in [9.17, 15) is 14.0 Å². The molecule has 1 unspecified atom stereocenters. The number of nitrogens with zero attached hydrogens (tertiary/aromatic N) is 1. The van der Waals surface area contributed by atoms with Crippen LogP contribution in [0.5, 0.6) is 5.75 Å². The molecule has 0 radical (unpaired) electrons. The molecule has 2 amide bonds. The van der Waals surface area contributed by atoms with E-state index in [2.05, 4.69) is 5.32 Å². The van der Waals surface area contributed by atoms with Crippen molar-refractivity contribution in [2.75, 3.05) is 25.1 Å². The summed E-state index contributed by atoms with van der Waals surface area (Å²) in [5.74, 6) is -0.576. The van der Waals surface area contributed by atoms with Crippen LogP contribution < -0.4 is 15.0 Å². The van der Waals surface area contributed by atoms with Crippen LogP contribution in [0.1, 0.15) is 12.0 Å². The summed E-state index contributed by atoms with van der Waals surface area (Å²) in [6.07, 6.45) is 0.724. The molecule has 3 rings (SSSR count). The fourth-order valence-corrected chi connectivity index (χ4v) is 3.16. The van der Waals surface area contributed by atoms with Gasteiger partial charge in [-0.2, -0.15) is 0 Å². The number of hydrogen-bond acceptors (Lipinski definition) is 3. The molecule has 0 aliphatic carbocycles. The van der Waals surface area contributed by atoms with E-state index in [0.717, 1.165) is 11.3 Å². The number of rotatable bonds is 6. The maximum atomic E-state index is 13.9. The minimum Gasteiger partial charge on any atom is -0.496 e. The number of benzene rings is 2. The maximum absolute atomic E-state index is 13.9. The van der Waals surface area contributed by atoms with E-state index >= 15 is 0 Å². The van der Waals surface area contributed by atoms with Gasteiger partial charge in [0.2, 0.25) is 11.8 Å². The Balaban J connectivity index is 1.56. The fraction of sp³-hybridized carbons (Fsp3) is 0.300. The maximum Gasteiger partial charge on any atom is 0.227 e. The van der Waals surface area contributed by atoms with E-state index < -0.39 is 11.7 Å². The molecule has 1 saturated heterocycles. The molecular weight excluding hydrogens is 335 g/mol. The zero-order valence-corrected chi connectivity index (χ0v) is 14.6. The number of para-hydroxylation sites is 2. The summed E-state index contributed by atoms with van der Waals surface area (Å²) in [5.41, 5.74) is 1.23. The van der Waals surface area contributed by atoms with Gasteiger partial charge in [-0.1, -0.05) is 30.3 Å². The number of anilines is 1. The summed E-state index contributed by atoms with van der Waals surface area (Å²) in [5, 5.41) is 2.86. The summed E-state index contributed by atoms with van der Waals surface area (Å²) in [6.45, 7) is 0.643. The lowest BCUT2D eigenvalue weighted by atomic mass is 10.1. The predicted octanol–water partition coefficient (Wildman–Crippen LogP) is 2.55. The molecule has 6 heteroatoms. The first-order valence-electron chi connectivity index (χ1n) is 8.54. The van der Waals surface area contributed by atoms with E-state index in [1.54, 1.807) is 25.3 Å². The third-order valence-electron chi connectivity index (χ3n) is 4.53. The molecule has 1 heterocycles. The number of nitrogens with one attached hydrogen (secondary N) is 1. The van der Waals surface area contributed by atoms with Crippen LogP contribution in [0.2, 0.25) is 0 Å². The molecule has 2 aromatic carbocycles. The Labute approximate surface area is 151 Å². The van der Waals surface area contributed by atoms with E-state index in [0.29, 0.717) is 13.0 Å². The van der Waals surface area contributed by atoms with Crippen LogP contribution in [0.15, 0.2) is 48.5 Å². The van der Waals surface area contributed by atoms with Crippen LogP contribution in [0.25, 0.3) is 0 Å². The molecule has 26 heavy (non-hydrogen) atoms. The highest BCUT2D eigenvalue weighted by atomic mass is 19.1. The largest absolute Gasteiger partial charge is 0.496 e. The highest BCUT2D eigenvalue weighted by Crippen LogP contribution is 2.27. The van der Waals surface area contributed by atoms with Gasteiger partial charge in [0, 0.05) is 19.5 Å². The second-order valence-corrected chi connectivity index (χ2v) is 6.21. The van der Waals surface area contributed by atoms with Gasteiger partial charge in [0.25, 0.3) is 0 Å². The van der Waals surface area contributed by atoms with Crippen molar-refractivity contribution in [3.05, 3.63) is 59.9 Å². The average molecular weight is 356 g/mol. The Morgan fingerprint density at radius 2 is 1.96 bits per heavy atom. The van der Waals surface area contributed by atoms with Crippen LogP contribution in [0.4, 0.5) is 10.1 Å². The van der Waals surface area contributed by atoms with Crippen LogP contribution in [-0.2, 0) is 16.0 Å². The Morgan fingerprint density at radius 1 is 1.23 bits per heavy atom. The average Bonchev–Trinajstić information content (AvgIpc) is 3.04. The van der Waals surface area contributed by atoms with Crippen LogP contribution in [0.3, 0.4) is 0 Å². The van der Waals surface area contributed by atoms with Crippen molar-refractivity contribution in [1.82, 2.24) is 5.32 Å². The highest BCUT2D eigenvalue weighted by molar-refractivity contribution is 6.00. The minimum absolute atomic E-state index is 0.0921. The molecule has 1 atom stereocenters. The standard InChI is InChI=1S/C20H21FN2O3/c1-26-18-9-5-2-6-14(18)10-11-22-20(25)15-12-19(24)23(13-15)17-8-4-3-7-16(17)21/h2-9,15H,10-13H2,1H3,(H,22,25). The third-order valence-corrected chi connectivity index (χ3v) is 4.53. The van der Waals surface area contributed by atoms with Crippen molar-refractivity contribution in [2.45, 2.75) is 12.8 Å². The summed E-state index contributed by atoms with van der Waals surface area (Å²) >= 11 is 0. The van der Waals surface area contributed by atoms with Gasteiger partial charge in [-0.15, -0.1) is 0 Å². The molecule has 0 aromatic heterocycles. The van der Waals surface area contributed by atoms with Crippen LogP contribution in [-0.4, -0.2) is 32.0 Å². The number of hydrogen-bond donors (Lipinski definition) is 1. The van der Waals surface area contributed by atoms with E-state index in [4.69, 9.17) is 4.74 Å². The monoisotopic (exact) mass is 356 g/mol. The van der Waals surface area contributed by atoms with Gasteiger partial charge < -0.3 is 15.0 Å². The van der Waals surface area contributed by atoms with Crippen molar-refractivity contribution in [2.24, 2.45) is 5.92 Å². The van der Waals surface area contributed by atoms with Gasteiger partial charge in [0.15, 0.2) is 0 Å². The lowest BCUT2D eigenvalue weighted by molar-refractivity contribution is -0.126. The fourth-order valence-electron chi connectivity index (χ4n) is 3.16. The first-order valence-corrected chi connectivity index (χ1v) is 8.54. The summed E-state index contributed by atoms with van der Waals surface area (Å²) in [4.78, 5) is 25.9. The number of methoxy groups -OCH3 is 1. The second kappa shape index (κ2) is 7.99. The molecular formula is C20H21FN2O3. The summed E-state index contributed by atoms with van der Waals surface area (Å²) < 4.78 is 19.2. The highest BCUT2D eigenvalue weighted by Gasteiger charge is 2.35. The molecule has 0 saturated carbocycles. The number of halogens is 1. The molecule has 0 bridgehead atoms. The van der Waals surface area contributed by atoms with Gasteiger partial charge in [-0.25, -0.2) is 4.39 Å². The van der Waals surface area contributed by atoms with Gasteiger partial charge in [-0.05, 0) is 30.2 Å². The topological polar surface area (TPSA) is 58.6 Å². The zero-order chi connectivity index (χ0) is 18.5. The number of amides is 2. The first-order chi connectivity index (χ1) is 12.6. The van der Waals surface area contributed by atoms with Crippen molar-refractivity contribution >= 4 is 17.5 Å². The molecule has 1 fully saturated rings. The van der Waals surface area contributed by atoms with Crippen molar-refractivity contribution in [1.29, 1.82) is 0 Å². The Hall–Kier alpha value is -2.89. The smallest absolute Gasteiger partial charge is 0.227 e. The van der Waals surface area contributed by atoms with E-state index in [1.165, 1.54) is 11.0 Å². The molecule has 1 aliphatic rings. The van der Waals surface area contributed by atoms with Gasteiger partial charge >= 0.3 is 0 Å². The first kappa shape index (κ1) is 17.9. The van der Waals surface area contributed by atoms with Crippen LogP contribution >= 0.6 is 0 Å². The molecule has 5 nitrogen and oxygen atoms in total. The van der Waals surface area contributed by atoms with Gasteiger partial charge in [0.1, 0.15) is 11.6 Å². The molecule has 136 valence electrons. The zero-order valence-electron chi connectivity index (χ0n) is 14.6.